The summed E-state index contributed by atoms with van der Waals surface area (Å²) >= 11 is 0. The zero-order chi connectivity index (χ0) is 20.9. The number of benzene rings is 1. The molecule has 30 heavy (non-hydrogen) atoms. The predicted octanol–water partition coefficient (Wildman–Crippen LogP) is 2.50. The summed E-state index contributed by atoms with van der Waals surface area (Å²) in [6.45, 7) is 1.81. The van der Waals surface area contributed by atoms with Gasteiger partial charge in [0.05, 0.1) is 5.69 Å². The summed E-state index contributed by atoms with van der Waals surface area (Å²) in [4.78, 5) is 35.9. The second-order valence-electron chi connectivity index (χ2n) is 6.88. The minimum Gasteiger partial charge on any atom is -0.373 e. The zero-order valence-corrected chi connectivity index (χ0v) is 16.5. The third-order valence-corrected chi connectivity index (χ3v) is 4.95. The van der Waals surface area contributed by atoms with E-state index < -0.39 is 0 Å². The Labute approximate surface area is 173 Å². The molecule has 152 valence electrons. The highest BCUT2D eigenvalue weighted by Crippen LogP contribution is 2.21. The number of aromatic nitrogens is 3. The lowest BCUT2D eigenvalue weighted by Gasteiger charge is -2.14. The first-order chi connectivity index (χ1) is 14.6. The number of amides is 1. The molecule has 0 atom stereocenters. The summed E-state index contributed by atoms with van der Waals surface area (Å²) in [6, 6.07) is 10.8. The molecule has 0 fully saturated rings. The van der Waals surface area contributed by atoms with Gasteiger partial charge in [0.25, 0.3) is 11.5 Å². The lowest BCUT2D eigenvalue weighted by atomic mass is 9.99. The summed E-state index contributed by atoms with van der Waals surface area (Å²) in [6.07, 6.45) is 6.12. The molecule has 0 aliphatic carbocycles. The largest absolute Gasteiger partial charge is 0.373 e. The number of aromatic amines is 1. The molecule has 0 bridgehead atoms. The van der Waals surface area contributed by atoms with Crippen molar-refractivity contribution in [3.05, 3.63) is 76.5 Å². The first-order valence-electron chi connectivity index (χ1n) is 9.68. The van der Waals surface area contributed by atoms with Gasteiger partial charge in [0, 0.05) is 37.0 Å². The van der Waals surface area contributed by atoms with E-state index in [9.17, 15) is 9.59 Å². The number of anilines is 2. The van der Waals surface area contributed by atoms with Gasteiger partial charge >= 0.3 is 0 Å². The van der Waals surface area contributed by atoms with Gasteiger partial charge in [-0.2, -0.15) is 0 Å². The average molecular weight is 402 g/mol. The SMILES string of the molecule is CNc1cc(-c2c[nH]c(=O)c(NC(=O)c3ccc(C4=CCNCC4)cc3)c2)ncn1. The van der Waals surface area contributed by atoms with E-state index in [1.807, 2.05) is 12.1 Å². The van der Waals surface area contributed by atoms with Gasteiger partial charge in [-0.15, -0.1) is 0 Å². The highest BCUT2D eigenvalue weighted by atomic mass is 16.2. The smallest absolute Gasteiger partial charge is 0.271 e. The van der Waals surface area contributed by atoms with Crippen LogP contribution >= 0.6 is 0 Å². The van der Waals surface area contributed by atoms with Gasteiger partial charge in [0.1, 0.15) is 17.8 Å². The van der Waals surface area contributed by atoms with Crippen LogP contribution < -0.4 is 21.5 Å². The molecule has 3 aromatic rings. The Morgan fingerprint density at radius 3 is 2.67 bits per heavy atom. The maximum absolute atomic E-state index is 12.7. The first kappa shape index (κ1) is 19.5. The summed E-state index contributed by atoms with van der Waals surface area (Å²) in [5, 5.41) is 8.93. The third-order valence-electron chi connectivity index (χ3n) is 4.95. The van der Waals surface area contributed by atoms with Gasteiger partial charge in [0.15, 0.2) is 0 Å². The molecule has 1 aromatic carbocycles. The maximum Gasteiger partial charge on any atom is 0.271 e. The molecular weight excluding hydrogens is 380 g/mol. The number of hydrogen-bond acceptors (Lipinski definition) is 6. The fourth-order valence-corrected chi connectivity index (χ4v) is 3.29. The summed E-state index contributed by atoms with van der Waals surface area (Å²) in [5.41, 5.74) is 3.93. The van der Waals surface area contributed by atoms with Gasteiger partial charge in [-0.05, 0) is 42.3 Å². The van der Waals surface area contributed by atoms with Crippen LogP contribution in [-0.2, 0) is 0 Å². The highest BCUT2D eigenvalue weighted by Gasteiger charge is 2.12. The van der Waals surface area contributed by atoms with Crippen LogP contribution in [0, 0.1) is 0 Å². The van der Waals surface area contributed by atoms with E-state index in [4.69, 9.17) is 0 Å². The van der Waals surface area contributed by atoms with Crippen molar-refractivity contribution >= 4 is 23.0 Å². The Hall–Kier alpha value is -3.78. The minimum absolute atomic E-state index is 0.159. The molecule has 8 heteroatoms. The molecule has 0 saturated carbocycles. The molecule has 1 amide bonds. The van der Waals surface area contributed by atoms with Crippen molar-refractivity contribution in [3.63, 3.8) is 0 Å². The van der Waals surface area contributed by atoms with Gasteiger partial charge in [-0.3, -0.25) is 9.59 Å². The quantitative estimate of drug-likeness (QED) is 0.522. The zero-order valence-electron chi connectivity index (χ0n) is 16.5. The average Bonchev–Trinajstić information content (AvgIpc) is 2.81. The summed E-state index contributed by atoms with van der Waals surface area (Å²) in [5.74, 6) is 0.308. The number of carbonyl (C=O) groups is 1. The van der Waals surface area contributed by atoms with E-state index in [-0.39, 0.29) is 17.2 Å². The fraction of sp³-hybridized carbons (Fsp3) is 0.182. The van der Waals surface area contributed by atoms with Gasteiger partial charge in [-0.1, -0.05) is 18.2 Å². The molecule has 4 N–H and O–H groups in total. The molecule has 1 aliphatic rings. The standard InChI is InChI=1S/C22H22N6O2/c1-23-20-11-18(26-13-27-20)17-10-19(22(30)25-12-17)28-21(29)16-4-2-14(3-5-16)15-6-8-24-9-7-15/h2-6,10-13,24H,7-9H2,1H3,(H,25,30)(H,28,29)(H,23,26,27). The second kappa shape index (κ2) is 8.71. The lowest BCUT2D eigenvalue weighted by Crippen LogP contribution is -2.20. The van der Waals surface area contributed by atoms with E-state index in [0.717, 1.165) is 25.1 Å². The van der Waals surface area contributed by atoms with Crippen LogP contribution in [0.1, 0.15) is 22.3 Å². The Morgan fingerprint density at radius 1 is 1.10 bits per heavy atom. The second-order valence-corrected chi connectivity index (χ2v) is 6.88. The van der Waals surface area contributed by atoms with E-state index in [1.54, 1.807) is 37.5 Å². The van der Waals surface area contributed by atoms with Crippen LogP contribution in [0.3, 0.4) is 0 Å². The van der Waals surface area contributed by atoms with Crippen LogP contribution in [0.4, 0.5) is 11.5 Å². The van der Waals surface area contributed by atoms with Crippen molar-refractivity contribution in [3.8, 4) is 11.3 Å². The molecule has 2 aromatic heterocycles. The molecule has 0 spiro atoms. The molecule has 1 aliphatic heterocycles. The number of rotatable bonds is 5. The Kier molecular flexibility index (Phi) is 5.67. The van der Waals surface area contributed by atoms with Crippen molar-refractivity contribution in [2.45, 2.75) is 6.42 Å². The molecule has 0 saturated heterocycles. The Balaban J connectivity index is 1.54. The van der Waals surface area contributed by atoms with Gasteiger partial charge in [-0.25, -0.2) is 9.97 Å². The van der Waals surface area contributed by atoms with Crippen molar-refractivity contribution < 1.29 is 4.79 Å². The van der Waals surface area contributed by atoms with E-state index in [2.05, 4.69) is 37.0 Å². The summed E-state index contributed by atoms with van der Waals surface area (Å²) < 4.78 is 0. The minimum atomic E-state index is -0.383. The monoisotopic (exact) mass is 402 g/mol. The molecule has 8 nitrogen and oxygen atoms in total. The summed E-state index contributed by atoms with van der Waals surface area (Å²) in [7, 11) is 1.76. The van der Waals surface area contributed by atoms with Crippen molar-refractivity contribution in [1.82, 2.24) is 20.3 Å². The van der Waals surface area contributed by atoms with Gasteiger partial charge < -0.3 is 20.9 Å². The number of hydrogen-bond donors (Lipinski definition) is 4. The number of pyridine rings is 1. The van der Waals surface area contributed by atoms with Crippen molar-refractivity contribution in [1.29, 1.82) is 0 Å². The van der Waals surface area contributed by atoms with E-state index in [1.165, 1.54) is 11.9 Å². The Bertz CT molecular complexity index is 1150. The molecular formula is C22H22N6O2. The molecule has 3 heterocycles. The highest BCUT2D eigenvalue weighted by molar-refractivity contribution is 6.04. The van der Waals surface area contributed by atoms with E-state index >= 15 is 0 Å². The van der Waals surface area contributed by atoms with Gasteiger partial charge in [0.2, 0.25) is 0 Å². The van der Waals surface area contributed by atoms with Crippen molar-refractivity contribution in [2.75, 3.05) is 30.8 Å². The Morgan fingerprint density at radius 2 is 1.93 bits per heavy atom. The van der Waals surface area contributed by atoms with E-state index in [0.29, 0.717) is 22.6 Å². The van der Waals surface area contributed by atoms with Crippen LogP contribution in [0.5, 0.6) is 0 Å². The number of carbonyl (C=O) groups excluding carboxylic acids is 1. The number of nitrogens with zero attached hydrogens (tertiary/aromatic N) is 2. The van der Waals surface area contributed by atoms with Crippen LogP contribution in [0.2, 0.25) is 0 Å². The van der Waals surface area contributed by atoms with Crippen LogP contribution in [0.15, 0.2) is 59.8 Å². The molecule has 0 radical (unpaired) electrons. The fourth-order valence-electron chi connectivity index (χ4n) is 3.29. The van der Waals surface area contributed by atoms with Crippen molar-refractivity contribution in [2.24, 2.45) is 0 Å². The van der Waals surface area contributed by atoms with Crippen LogP contribution in [-0.4, -0.2) is 41.0 Å². The topological polar surface area (TPSA) is 112 Å². The third kappa shape index (κ3) is 4.28. The predicted molar refractivity (Wildman–Crippen MR) is 117 cm³/mol. The first-order valence-corrected chi connectivity index (χ1v) is 9.68. The number of H-pyrrole nitrogens is 1. The van der Waals surface area contributed by atoms with Crippen LogP contribution in [0.25, 0.3) is 16.8 Å². The lowest BCUT2D eigenvalue weighted by molar-refractivity contribution is 0.102. The number of nitrogens with one attached hydrogen (secondary N) is 4. The molecule has 0 unspecified atom stereocenters. The maximum atomic E-state index is 12.7. The normalized spacial score (nSPS) is 13.4. The molecule has 4 rings (SSSR count).